The molecular formula is C18H41O2P. The summed E-state index contributed by atoms with van der Waals surface area (Å²) < 4.78 is 0. The minimum absolute atomic E-state index is 0.579. The van der Waals surface area contributed by atoms with Crippen LogP contribution in [0.25, 0.3) is 0 Å². The predicted molar refractivity (Wildman–Crippen MR) is 98.4 cm³/mol. The summed E-state index contributed by atoms with van der Waals surface area (Å²) in [6.07, 6.45) is 16.5. The van der Waals surface area contributed by atoms with Gasteiger partial charge in [-0.15, -0.1) is 0 Å². The summed E-state index contributed by atoms with van der Waals surface area (Å²) in [5.74, 6) is 0. The van der Waals surface area contributed by atoms with Crippen molar-refractivity contribution >= 4 is 7.06 Å². The molecule has 2 nitrogen and oxygen atoms in total. The monoisotopic (exact) mass is 320 g/mol. The van der Waals surface area contributed by atoms with Gasteiger partial charge >= 0.3 is 133 Å². The molecule has 0 aliphatic heterocycles. The maximum atomic E-state index is 10.8. The van der Waals surface area contributed by atoms with E-state index in [1.807, 2.05) is 6.92 Å². The van der Waals surface area contributed by atoms with Gasteiger partial charge in [-0.2, -0.15) is 0 Å². The third-order valence-corrected chi connectivity index (χ3v) is 8.94. The summed E-state index contributed by atoms with van der Waals surface area (Å²) in [4.78, 5) is 21.6. The number of rotatable bonds is 15. The van der Waals surface area contributed by atoms with Crippen molar-refractivity contribution in [2.24, 2.45) is 0 Å². The second-order valence-corrected chi connectivity index (χ2v) is 11.7. The summed E-state index contributed by atoms with van der Waals surface area (Å²) in [7, 11) is -3.33. The van der Waals surface area contributed by atoms with Crippen molar-refractivity contribution in [3.05, 3.63) is 0 Å². The van der Waals surface area contributed by atoms with E-state index < -0.39 is 7.06 Å². The van der Waals surface area contributed by atoms with Gasteiger partial charge in [-0.05, 0) is 0 Å². The van der Waals surface area contributed by atoms with Gasteiger partial charge in [0, 0.05) is 0 Å². The summed E-state index contributed by atoms with van der Waals surface area (Å²) >= 11 is 0. The molecule has 0 aromatic carbocycles. The fraction of sp³-hybridized carbons (Fsp3) is 1.00. The first-order valence-electron chi connectivity index (χ1n) is 9.47. The molecule has 0 atom stereocenters. The van der Waals surface area contributed by atoms with Crippen LogP contribution in [0.4, 0.5) is 0 Å². The molecule has 0 aliphatic carbocycles. The van der Waals surface area contributed by atoms with Crippen LogP contribution in [-0.4, -0.2) is 28.3 Å². The Morgan fingerprint density at radius 3 is 1.19 bits per heavy atom. The van der Waals surface area contributed by atoms with E-state index in [0.717, 1.165) is 25.7 Å². The second kappa shape index (κ2) is 11.9. The Kier molecular flexibility index (Phi) is 12.1. The van der Waals surface area contributed by atoms with E-state index in [9.17, 15) is 9.79 Å². The average molecular weight is 320 g/mol. The summed E-state index contributed by atoms with van der Waals surface area (Å²) in [5.41, 5.74) is 0. The summed E-state index contributed by atoms with van der Waals surface area (Å²) in [6.45, 7) is 6.42. The number of unbranched alkanes of at least 4 members (excludes halogenated alkanes) is 10. The quantitative estimate of drug-likeness (QED) is 0.283. The van der Waals surface area contributed by atoms with Crippen molar-refractivity contribution in [3.63, 3.8) is 0 Å². The van der Waals surface area contributed by atoms with Gasteiger partial charge in [0.15, 0.2) is 0 Å². The molecular weight excluding hydrogens is 279 g/mol. The fourth-order valence-electron chi connectivity index (χ4n) is 2.94. The Balaban J connectivity index is 3.86. The molecule has 0 aromatic rings. The van der Waals surface area contributed by atoms with Gasteiger partial charge in [0.05, 0.1) is 0 Å². The topological polar surface area (TPSA) is 40.5 Å². The predicted octanol–water partition coefficient (Wildman–Crippen LogP) is 6.10. The molecule has 21 heavy (non-hydrogen) atoms. The van der Waals surface area contributed by atoms with Crippen molar-refractivity contribution in [2.45, 2.75) is 97.8 Å². The molecule has 130 valence electrons. The molecule has 0 spiro atoms. The Morgan fingerprint density at radius 2 is 0.857 bits per heavy atom. The van der Waals surface area contributed by atoms with Crippen LogP contribution in [0.3, 0.4) is 0 Å². The van der Waals surface area contributed by atoms with E-state index >= 15 is 0 Å². The zero-order valence-electron chi connectivity index (χ0n) is 14.9. The maximum absolute atomic E-state index is 10.8. The molecule has 0 saturated carbocycles. The van der Waals surface area contributed by atoms with Gasteiger partial charge in [0.1, 0.15) is 0 Å². The van der Waals surface area contributed by atoms with Gasteiger partial charge in [-0.1, -0.05) is 0 Å². The van der Waals surface area contributed by atoms with Crippen LogP contribution in [0.15, 0.2) is 0 Å². The van der Waals surface area contributed by atoms with Crippen molar-refractivity contribution in [2.75, 3.05) is 18.5 Å². The SMILES string of the molecule is CCCCCCCCP(O)(O)(CC)CCCCCCCC. The van der Waals surface area contributed by atoms with Crippen LogP contribution < -0.4 is 0 Å². The molecule has 3 heteroatoms. The molecule has 2 N–H and O–H groups in total. The van der Waals surface area contributed by atoms with Crippen molar-refractivity contribution in [1.82, 2.24) is 0 Å². The van der Waals surface area contributed by atoms with E-state index in [-0.39, 0.29) is 0 Å². The second-order valence-electron chi connectivity index (χ2n) is 6.91. The molecule has 0 saturated heterocycles. The van der Waals surface area contributed by atoms with Gasteiger partial charge in [-0.25, -0.2) is 0 Å². The van der Waals surface area contributed by atoms with Crippen LogP contribution >= 0.6 is 7.06 Å². The van der Waals surface area contributed by atoms with E-state index in [1.54, 1.807) is 0 Å². The molecule has 0 radical (unpaired) electrons. The van der Waals surface area contributed by atoms with E-state index in [0.29, 0.717) is 18.5 Å². The molecule has 0 aliphatic rings. The first-order chi connectivity index (χ1) is 9.96. The average Bonchev–Trinajstić information content (AvgIpc) is 2.47. The summed E-state index contributed by atoms with van der Waals surface area (Å²) in [5, 5.41) is 0. The van der Waals surface area contributed by atoms with Crippen molar-refractivity contribution in [1.29, 1.82) is 0 Å². The van der Waals surface area contributed by atoms with E-state index in [2.05, 4.69) is 13.8 Å². The fourth-order valence-corrected chi connectivity index (χ4v) is 5.71. The van der Waals surface area contributed by atoms with E-state index in [4.69, 9.17) is 0 Å². The van der Waals surface area contributed by atoms with Crippen molar-refractivity contribution in [3.8, 4) is 0 Å². The van der Waals surface area contributed by atoms with Gasteiger partial charge < -0.3 is 0 Å². The molecule has 0 fully saturated rings. The Labute approximate surface area is 133 Å². The molecule has 0 amide bonds. The zero-order chi connectivity index (χ0) is 16.1. The molecule has 0 unspecified atom stereocenters. The Morgan fingerprint density at radius 1 is 0.524 bits per heavy atom. The van der Waals surface area contributed by atoms with Crippen LogP contribution in [0.5, 0.6) is 0 Å². The standard InChI is InChI=1S/C18H41O2P/c1-4-7-9-11-13-15-17-21(19,20,6-3)18-16-14-12-10-8-5-2/h19-20H,4-18H2,1-3H3. The molecule has 0 rings (SSSR count). The Bertz CT molecular complexity index is 221. The van der Waals surface area contributed by atoms with Crippen LogP contribution in [0.1, 0.15) is 97.8 Å². The normalized spacial score (nSPS) is 14.0. The minimum atomic E-state index is -3.33. The van der Waals surface area contributed by atoms with Gasteiger partial charge in [0.2, 0.25) is 0 Å². The summed E-state index contributed by atoms with van der Waals surface area (Å²) in [6, 6.07) is 0. The van der Waals surface area contributed by atoms with E-state index in [1.165, 1.54) is 51.4 Å². The molecule has 0 heterocycles. The van der Waals surface area contributed by atoms with Crippen LogP contribution in [0, 0.1) is 0 Å². The van der Waals surface area contributed by atoms with Gasteiger partial charge in [-0.3, -0.25) is 0 Å². The first-order valence-corrected chi connectivity index (χ1v) is 12.2. The molecule has 0 aromatic heterocycles. The Hall–Kier alpha value is 0.350. The van der Waals surface area contributed by atoms with Crippen molar-refractivity contribution < 1.29 is 9.79 Å². The number of hydrogen-bond donors (Lipinski definition) is 2. The number of hydrogen-bond acceptors (Lipinski definition) is 2. The van der Waals surface area contributed by atoms with Gasteiger partial charge in [0.25, 0.3) is 0 Å². The zero-order valence-corrected chi connectivity index (χ0v) is 15.8. The first kappa shape index (κ1) is 21.4. The molecule has 0 bridgehead atoms. The third-order valence-electron chi connectivity index (χ3n) is 4.79. The van der Waals surface area contributed by atoms with Crippen LogP contribution in [-0.2, 0) is 0 Å². The third kappa shape index (κ3) is 11.6. The van der Waals surface area contributed by atoms with Crippen LogP contribution in [0.2, 0.25) is 0 Å².